The van der Waals surface area contributed by atoms with E-state index in [0.29, 0.717) is 11.0 Å². The minimum atomic E-state index is -4.02. The number of carbonyl (C=O) groups excluding carboxylic acids is 1. The second-order valence-electron chi connectivity index (χ2n) is 7.02. The molecule has 7 nitrogen and oxygen atoms in total. The Balaban J connectivity index is 1.93. The zero-order chi connectivity index (χ0) is 22.3. The molecule has 0 saturated heterocycles. The van der Waals surface area contributed by atoms with E-state index in [1.165, 1.54) is 45.5 Å². The molecule has 0 aliphatic rings. The highest BCUT2D eigenvalue weighted by Crippen LogP contribution is 2.32. The van der Waals surface area contributed by atoms with Crippen LogP contribution in [0.25, 0.3) is 11.0 Å². The first-order valence-corrected chi connectivity index (χ1v) is 10.7. The molecule has 4 rings (SSSR count). The average molecular weight is 439 g/mol. The third kappa shape index (κ3) is 3.53. The summed E-state index contributed by atoms with van der Waals surface area (Å²) in [5.74, 6) is -1.10. The molecule has 1 amide bonds. The maximum atomic E-state index is 13.4. The van der Waals surface area contributed by atoms with Gasteiger partial charge in [0.1, 0.15) is 5.82 Å². The van der Waals surface area contributed by atoms with E-state index in [0.717, 1.165) is 12.1 Å². The second-order valence-corrected chi connectivity index (χ2v) is 8.93. The monoisotopic (exact) mass is 439 g/mol. The van der Waals surface area contributed by atoms with Gasteiger partial charge in [-0.2, -0.15) is 0 Å². The number of imidazole rings is 1. The summed E-state index contributed by atoms with van der Waals surface area (Å²) in [4.78, 5) is 25.0. The summed E-state index contributed by atoms with van der Waals surface area (Å²) in [6.45, 7) is 0. The molecule has 0 fully saturated rings. The van der Waals surface area contributed by atoms with E-state index < -0.39 is 21.6 Å². The Morgan fingerprint density at radius 1 is 0.903 bits per heavy atom. The highest BCUT2D eigenvalue weighted by atomic mass is 32.2. The predicted molar refractivity (Wildman–Crippen MR) is 114 cm³/mol. The minimum Gasteiger partial charge on any atom is -0.321 e. The standard InChI is InChI=1S/C22H18FN3O4S/c1-25-18-12-17(24-21(27)14-8-10-15(23)11-9-14)20(13-19(18)26(2)22(25)28)31(29,30)16-6-4-3-5-7-16/h3-13H,1-2H3,(H,24,27). The van der Waals surface area contributed by atoms with Gasteiger partial charge in [0.15, 0.2) is 0 Å². The summed E-state index contributed by atoms with van der Waals surface area (Å²) in [7, 11) is -0.916. The minimum absolute atomic E-state index is 0.0203. The van der Waals surface area contributed by atoms with Gasteiger partial charge in [-0.15, -0.1) is 0 Å². The third-order valence-corrected chi connectivity index (χ3v) is 6.88. The maximum absolute atomic E-state index is 13.4. The smallest absolute Gasteiger partial charge is 0.321 e. The van der Waals surface area contributed by atoms with Crippen LogP contribution in [0.5, 0.6) is 0 Å². The van der Waals surface area contributed by atoms with E-state index in [4.69, 9.17) is 0 Å². The van der Waals surface area contributed by atoms with E-state index >= 15 is 0 Å². The number of nitrogens with one attached hydrogen (secondary N) is 1. The largest absolute Gasteiger partial charge is 0.328 e. The van der Waals surface area contributed by atoms with Crippen LogP contribution in [0.3, 0.4) is 0 Å². The lowest BCUT2D eigenvalue weighted by atomic mass is 10.2. The zero-order valence-electron chi connectivity index (χ0n) is 16.7. The Morgan fingerprint density at radius 3 is 2.10 bits per heavy atom. The number of sulfone groups is 1. The molecule has 0 atom stereocenters. The first kappa shape index (κ1) is 20.5. The van der Waals surface area contributed by atoms with Crippen LogP contribution in [0.2, 0.25) is 0 Å². The van der Waals surface area contributed by atoms with Gasteiger partial charge in [0.05, 0.1) is 26.5 Å². The number of aryl methyl sites for hydroxylation is 2. The first-order chi connectivity index (χ1) is 14.7. The van der Waals surface area contributed by atoms with E-state index in [2.05, 4.69) is 5.32 Å². The normalized spacial score (nSPS) is 11.6. The molecule has 31 heavy (non-hydrogen) atoms. The molecule has 0 aliphatic carbocycles. The molecular weight excluding hydrogens is 421 g/mol. The summed E-state index contributed by atoms with van der Waals surface area (Å²) >= 11 is 0. The van der Waals surface area contributed by atoms with Crippen LogP contribution < -0.4 is 11.0 Å². The van der Waals surface area contributed by atoms with Crippen molar-refractivity contribution in [3.8, 4) is 0 Å². The molecule has 9 heteroatoms. The summed E-state index contributed by atoms with van der Waals surface area (Å²) in [6.07, 6.45) is 0. The summed E-state index contributed by atoms with van der Waals surface area (Å²) < 4.78 is 42.6. The van der Waals surface area contributed by atoms with E-state index in [9.17, 15) is 22.4 Å². The van der Waals surface area contributed by atoms with Crippen molar-refractivity contribution in [3.63, 3.8) is 0 Å². The number of fused-ring (bicyclic) bond motifs is 1. The van der Waals surface area contributed by atoms with Gasteiger partial charge in [-0.05, 0) is 48.5 Å². The van der Waals surface area contributed by atoms with Crippen molar-refractivity contribution in [1.29, 1.82) is 0 Å². The number of carbonyl (C=O) groups is 1. The van der Waals surface area contributed by atoms with Crippen LogP contribution in [0.4, 0.5) is 10.1 Å². The fourth-order valence-corrected chi connectivity index (χ4v) is 4.80. The van der Waals surface area contributed by atoms with Crippen LogP contribution in [0.15, 0.2) is 81.3 Å². The van der Waals surface area contributed by atoms with Gasteiger partial charge in [-0.25, -0.2) is 17.6 Å². The van der Waals surface area contributed by atoms with Gasteiger partial charge in [-0.3, -0.25) is 13.9 Å². The Bertz CT molecular complexity index is 1470. The molecule has 3 aromatic carbocycles. The molecule has 1 heterocycles. The quantitative estimate of drug-likeness (QED) is 0.529. The molecular formula is C22H18FN3O4S. The number of anilines is 1. The molecule has 0 spiro atoms. The van der Waals surface area contributed by atoms with Crippen molar-refractivity contribution in [2.75, 3.05) is 5.32 Å². The van der Waals surface area contributed by atoms with E-state index in [1.807, 2.05) is 0 Å². The van der Waals surface area contributed by atoms with Gasteiger partial charge < -0.3 is 5.32 Å². The number of amides is 1. The molecule has 158 valence electrons. The average Bonchev–Trinajstić information content (AvgIpc) is 2.98. The predicted octanol–water partition coefficient (Wildman–Crippen LogP) is 3.10. The second kappa shape index (κ2) is 7.51. The van der Waals surface area contributed by atoms with Crippen LogP contribution in [0, 0.1) is 5.82 Å². The number of hydrogen-bond donors (Lipinski definition) is 1. The molecule has 1 N–H and O–H groups in total. The Labute approximate surface area is 177 Å². The zero-order valence-corrected chi connectivity index (χ0v) is 17.5. The fraction of sp³-hybridized carbons (Fsp3) is 0.0909. The van der Waals surface area contributed by atoms with Crippen LogP contribution in [0.1, 0.15) is 10.4 Å². The summed E-state index contributed by atoms with van der Waals surface area (Å²) in [5, 5.41) is 2.61. The van der Waals surface area contributed by atoms with Crippen molar-refractivity contribution < 1.29 is 17.6 Å². The molecule has 0 aliphatic heterocycles. The fourth-order valence-electron chi connectivity index (χ4n) is 3.37. The van der Waals surface area contributed by atoms with Crippen LogP contribution in [-0.2, 0) is 23.9 Å². The number of halogens is 1. The first-order valence-electron chi connectivity index (χ1n) is 9.26. The van der Waals surface area contributed by atoms with Gasteiger partial charge in [0, 0.05) is 19.7 Å². The Morgan fingerprint density at radius 2 is 1.48 bits per heavy atom. The lowest BCUT2D eigenvalue weighted by Gasteiger charge is -2.13. The van der Waals surface area contributed by atoms with Crippen LogP contribution >= 0.6 is 0 Å². The summed E-state index contributed by atoms with van der Waals surface area (Å²) in [5.41, 5.74) is 0.703. The lowest BCUT2D eigenvalue weighted by Crippen LogP contribution is -2.19. The number of benzene rings is 3. The van der Waals surface area contributed by atoms with Crippen molar-refractivity contribution in [1.82, 2.24) is 9.13 Å². The molecule has 1 aromatic heterocycles. The SMILES string of the molecule is Cn1c(=O)n(C)c2cc(S(=O)(=O)c3ccccc3)c(NC(=O)c3ccc(F)cc3)cc21. The van der Waals surface area contributed by atoms with Gasteiger partial charge in [-0.1, -0.05) is 18.2 Å². The highest BCUT2D eigenvalue weighted by molar-refractivity contribution is 7.91. The lowest BCUT2D eigenvalue weighted by molar-refractivity contribution is 0.102. The number of nitrogens with zero attached hydrogens (tertiary/aromatic N) is 2. The highest BCUT2D eigenvalue weighted by Gasteiger charge is 2.25. The van der Waals surface area contributed by atoms with Gasteiger partial charge in [0.25, 0.3) is 5.91 Å². The molecule has 0 radical (unpaired) electrons. The van der Waals surface area contributed by atoms with Crippen molar-refractivity contribution in [2.24, 2.45) is 14.1 Å². The molecule has 0 unspecified atom stereocenters. The molecule has 0 saturated carbocycles. The van der Waals surface area contributed by atoms with E-state index in [-0.39, 0.29) is 26.7 Å². The Hall–Kier alpha value is -3.72. The van der Waals surface area contributed by atoms with Crippen molar-refractivity contribution in [3.05, 3.63) is 88.6 Å². The third-order valence-electron chi connectivity index (χ3n) is 5.07. The molecule has 0 bridgehead atoms. The number of aromatic nitrogens is 2. The topological polar surface area (TPSA) is 90.2 Å². The van der Waals surface area contributed by atoms with Crippen molar-refractivity contribution in [2.45, 2.75) is 9.79 Å². The van der Waals surface area contributed by atoms with Crippen molar-refractivity contribution >= 4 is 32.5 Å². The number of hydrogen-bond acceptors (Lipinski definition) is 4. The van der Waals surface area contributed by atoms with Gasteiger partial charge >= 0.3 is 5.69 Å². The summed E-state index contributed by atoms with van der Waals surface area (Å²) in [6, 6.07) is 15.5. The number of rotatable bonds is 4. The molecule has 4 aromatic rings. The van der Waals surface area contributed by atoms with Crippen LogP contribution in [-0.4, -0.2) is 23.5 Å². The van der Waals surface area contributed by atoms with E-state index in [1.54, 1.807) is 32.3 Å². The van der Waals surface area contributed by atoms with Gasteiger partial charge in [0.2, 0.25) is 9.84 Å². The Kier molecular flexibility index (Phi) is 4.98. The maximum Gasteiger partial charge on any atom is 0.328 e.